The standard InChI is InChI=1S/C14H16N2O/c1-8-3-4-10-9(2)6-12(11(10)5-8)14-13(15)7-17-16-14/h3-5,7,9,12H,6,15H2,1-2H3. The van der Waals surface area contributed by atoms with E-state index in [4.69, 9.17) is 10.3 Å². The van der Waals surface area contributed by atoms with Crippen LogP contribution in [0, 0.1) is 6.92 Å². The van der Waals surface area contributed by atoms with E-state index in [1.54, 1.807) is 0 Å². The van der Waals surface area contributed by atoms with E-state index in [1.165, 1.54) is 23.0 Å². The minimum absolute atomic E-state index is 0.290. The second-order valence-corrected chi connectivity index (χ2v) is 4.98. The van der Waals surface area contributed by atoms with Crippen molar-refractivity contribution in [3.63, 3.8) is 0 Å². The van der Waals surface area contributed by atoms with Gasteiger partial charge in [-0.25, -0.2) is 0 Å². The number of aromatic nitrogens is 1. The van der Waals surface area contributed by atoms with Gasteiger partial charge in [0.2, 0.25) is 0 Å². The second-order valence-electron chi connectivity index (χ2n) is 4.98. The fourth-order valence-electron chi connectivity index (χ4n) is 2.83. The Morgan fingerprint density at radius 3 is 2.88 bits per heavy atom. The maximum atomic E-state index is 5.90. The highest BCUT2D eigenvalue weighted by Gasteiger charge is 2.32. The molecular formula is C14H16N2O. The summed E-state index contributed by atoms with van der Waals surface area (Å²) in [6, 6.07) is 6.65. The number of benzene rings is 1. The van der Waals surface area contributed by atoms with Gasteiger partial charge in [0, 0.05) is 5.92 Å². The van der Waals surface area contributed by atoms with Gasteiger partial charge in [-0.1, -0.05) is 35.8 Å². The Morgan fingerprint density at radius 2 is 2.18 bits per heavy atom. The van der Waals surface area contributed by atoms with Gasteiger partial charge in [0.25, 0.3) is 0 Å². The van der Waals surface area contributed by atoms with E-state index in [2.05, 4.69) is 37.2 Å². The first kappa shape index (κ1) is 10.4. The molecule has 2 aromatic rings. The Morgan fingerprint density at radius 1 is 1.35 bits per heavy atom. The van der Waals surface area contributed by atoms with Gasteiger partial charge in [0.05, 0.1) is 5.69 Å². The van der Waals surface area contributed by atoms with E-state index in [0.717, 1.165) is 12.1 Å². The predicted molar refractivity (Wildman–Crippen MR) is 67.0 cm³/mol. The van der Waals surface area contributed by atoms with Crippen molar-refractivity contribution in [1.82, 2.24) is 5.16 Å². The number of hydrogen-bond donors (Lipinski definition) is 1. The molecule has 3 rings (SSSR count). The van der Waals surface area contributed by atoms with Crippen molar-refractivity contribution in [2.75, 3.05) is 5.73 Å². The number of nitrogens with zero attached hydrogens (tertiary/aromatic N) is 1. The first-order chi connectivity index (χ1) is 8.16. The predicted octanol–water partition coefficient (Wildman–Crippen LogP) is 3.20. The lowest BCUT2D eigenvalue weighted by molar-refractivity contribution is 0.407. The van der Waals surface area contributed by atoms with E-state index < -0.39 is 0 Å². The van der Waals surface area contributed by atoms with Crippen LogP contribution in [0.4, 0.5) is 5.69 Å². The van der Waals surface area contributed by atoms with Gasteiger partial charge in [0.1, 0.15) is 12.0 Å². The van der Waals surface area contributed by atoms with Crippen LogP contribution in [0.5, 0.6) is 0 Å². The summed E-state index contributed by atoms with van der Waals surface area (Å²) in [4.78, 5) is 0. The maximum Gasteiger partial charge on any atom is 0.147 e. The maximum absolute atomic E-state index is 5.90. The van der Waals surface area contributed by atoms with Gasteiger partial charge in [-0.05, 0) is 30.4 Å². The lowest BCUT2D eigenvalue weighted by Gasteiger charge is -2.09. The van der Waals surface area contributed by atoms with Crippen LogP contribution in [0.3, 0.4) is 0 Å². The molecule has 0 bridgehead atoms. The van der Waals surface area contributed by atoms with Crippen LogP contribution in [0.2, 0.25) is 0 Å². The Balaban J connectivity index is 2.12. The molecule has 0 fully saturated rings. The van der Waals surface area contributed by atoms with Crippen molar-refractivity contribution in [3.05, 3.63) is 46.8 Å². The third kappa shape index (κ3) is 1.54. The molecule has 0 saturated heterocycles. The zero-order chi connectivity index (χ0) is 12.0. The van der Waals surface area contributed by atoms with E-state index in [-0.39, 0.29) is 0 Å². The SMILES string of the molecule is Cc1ccc2c(c1)C(c1nocc1N)CC2C. The highest BCUT2D eigenvalue weighted by atomic mass is 16.5. The van der Waals surface area contributed by atoms with Crippen LogP contribution in [0.25, 0.3) is 0 Å². The molecule has 0 saturated carbocycles. The van der Waals surface area contributed by atoms with Gasteiger partial charge < -0.3 is 10.3 Å². The highest BCUT2D eigenvalue weighted by molar-refractivity contribution is 5.51. The average molecular weight is 228 g/mol. The average Bonchev–Trinajstić information content (AvgIpc) is 2.83. The van der Waals surface area contributed by atoms with Crippen molar-refractivity contribution in [2.45, 2.75) is 32.1 Å². The summed E-state index contributed by atoms with van der Waals surface area (Å²) in [5, 5.41) is 4.06. The van der Waals surface area contributed by atoms with Gasteiger partial charge in [-0.15, -0.1) is 0 Å². The summed E-state index contributed by atoms with van der Waals surface area (Å²) in [7, 11) is 0. The summed E-state index contributed by atoms with van der Waals surface area (Å²) < 4.78 is 4.96. The molecular weight excluding hydrogens is 212 g/mol. The summed E-state index contributed by atoms with van der Waals surface area (Å²) >= 11 is 0. The van der Waals surface area contributed by atoms with E-state index >= 15 is 0 Å². The molecule has 2 atom stereocenters. The quantitative estimate of drug-likeness (QED) is 0.815. The minimum Gasteiger partial charge on any atom is -0.395 e. The minimum atomic E-state index is 0.290. The molecule has 2 N–H and O–H groups in total. The number of aryl methyl sites for hydroxylation is 1. The van der Waals surface area contributed by atoms with Crippen LogP contribution in [0.1, 0.15) is 47.6 Å². The van der Waals surface area contributed by atoms with E-state index in [0.29, 0.717) is 17.5 Å². The number of nitrogens with two attached hydrogens (primary N) is 1. The Hall–Kier alpha value is -1.77. The topological polar surface area (TPSA) is 52.0 Å². The van der Waals surface area contributed by atoms with Gasteiger partial charge in [-0.3, -0.25) is 0 Å². The smallest absolute Gasteiger partial charge is 0.147 e. The molecule has 88 valence electrons. The Labute approximate surface area is 101 Å². The highest BCUT2D eigenvalue weighted by Crippen LogP contribution is 2.46. The molecule has 0 amide bonds. The van der Waals surface area contributed by atoms with Crippen LogP contribution in [-0.2, 0) is 0 Å². The fraction of sp³-hybridized carbons (Fsp3) is 0.357. The number of fused-ring (bicyclic) bond motifs is 1. The summed E-state index contributed by atoms with van der Waals surface area (Å²) in [6.07, 6.45) is 2.59. The number of rotatable bonds is 1. The molecule has 1 heterocycles. The van der Waals surface area contributed by atoms with Crippen molar-refractivity contribution in [3.8, 4) is 0 Å². The second kappa shape index (κ2) is 3.62. The monoisotopic (exact) mass is 228 g/mol. The third-order valence-corrected chi connectivity index (χ3v) is 3.69. The van der Waals surface area contributed by atoms with Gasteiger partial charge in [-0.2, -0.15) is 0 Å². The van der Waals surface area contributed by atoms with Crippen LogP contribution < -0.4 is 5.73 Å². The molecule has 1 aliphatic carbocycles. The Bertz CT molecular complexity index is 559. The summed E-state index contributed by atoms with van der Waals surface area (Å²) in [5.74, 6) is 0.852. The normalized spacial score (nSPS) is 22.7. The zero-order valence-corrected chi connectivity index (χ0v) is 10.1. The molecule has 2 unspecified atom stereocenters. The van der Waals surface area contributed by atoms with E-state index in [1.807, 2.05) is 0 Å². The molecule has 1 aromatic carbocycles. The van der Waals surface area contributed by atoms with Crippen LogP contribution in [0.15, 0.2) is 29.0 Å². The molecule has 1 aromatic heterocycles. The largest absolute Gasteiger partial charge is 0.395 e. The number of anilines is 1. The van der Waals surface area contributed by atoms with Gasteiger partial charge >= 0.3 is 0 Å². The third-order valence-electron chi connectivity index (χ3n) is 3.69. The lowest BCUT2D eigenvalue weighted by Crippen LogP contribution is -2.00. The zero-order valence-electron chi connectivity index (χ0n) is 10.1. The van der Waals surface area contributed by atoms with Crippen molar-refractivity contribution in [1.29, 1.82) is 0 Å². The van der Waals surface area contributed by atoms with Crippen molar-refractivity contribution >= 4 is 5.69 Å². The molecule has 3 nitrogen and oxygen atoms in total. The molecule has 3 heteroatoms. The molecule has 17 heavy (non-hydrogen) atoms. The number of hydrogen-bond acceptors (Lipinski definition) is 3. The van der Waals surface area contributed by atoms with E-state index in [9.17, 15) is 0 Å². The summed E-state index contributed by atoms with van der Waals surface area (Å²) in [5.41, 5.74) is 11.5. The molecule has 0 spiro atoms. The number of nitrogen functional groups attached to an aromatic ring is 1. The van der Waals surface area contributed by atoms with Crippen LogP contribution in [-0.4, -0.2) is 5.16 Å². The summed E-state index contributed by atoms with van der Waals surface area (Å²) in [6.45, 7) is 4.37. The molecule has 1 aliphatic rings. The Kier molecular flexibility index (Phi) is 2.21. The van der Waals surface area contributed by atoms with Crippen LogP contribution >= 0.6 is 0 Å². The van der Waals surface area contributed by atoms with Crippen molar-refractivity contribution in [2.24, 2.45) is 0 Å². The van der Waals surface area contributed by atoms with Crippen molar-refractivity contribution < 1.29 is 4.52 Å². The molecule has 0 radical (unpaired) electrons. The molecule has 0 aliphatic heterocycles. The van der Waals surface area contributed by atoms with Gasteiger partial charge in [0.15, 0.2) is 0 Å². The first-order valence-electron chi connectivity index (χ1n) is 5.97. The lowest BCUT2D eigenvalue weighted by atomic mass is 9.96. The first-order valence-corrected chi connectivity index (χ1v) is 5.97. The fourth-order valence-corrected chi connectivity index (χ4v) is 2.83.